The maximum atomic E-state index is 14.9. The SMILES string of the molecule is Cc1nc2nc([C@H]3CC[C@@H](c4cnn(C5CC5)c4)C3)nc(-c3ccc(Cl)cc3F)c2nc1C. The quantitative estimate of drug-likeness (QED) is 0.367. The minimum Gasteiger partial charge on any atom is -0.269 e. The fourth-order valence-corrected chi connectivity index (χ4v) is 4.96. The van der Waals surface area contributed by atoms with Crippen LogP contribution in [0.2, 0.25) is 5.02 Å². The average molecular weight is 463 g/mol. The minimum absolute atomic E-state index is 0.182. The number of halogens is 2. The third-order valence-electron chi connectivity index (χ3n) is 6.96. The number of hydrogen-bond donors (Lipinski definition) is 0. The average Bonchev–Trinajstić information content (AvgIpc) is 3.31. The molecule has 168 valence electrons. The lowest BCUT2D eigenvalue weighted by atomic mass is 9.99. The van der Waals surface area contributed by atoms with Crippen LogP contribution >= 0.6 is 11.6 Å². The van der Waals surface area contributed by atoms with E-state index in [1.807, 2.05) is 20.0 Å². The van der Waals surface area contributed by atoms with Gasteiger partial charge in [-0.25, -0.2) is 24.3 Å². The van der Waals surface area contributed by atoms with Crippen LogP contribution in [0.1, 0.15) is 72.8 Å². The highest BCUT2D eigenvalue weighted by atomic mass is 35.5. The van der Waals surface area contributed by atoms with E-state index in [2.05, 4.69) is 25.9 Å². The summed E-state index contributed by atoms with van der Waals surface area (Å²) in [6.45, 7) is 3.80. The maximum absolute atomic E-state index is 14.9. The van der Waals surface area contributed by atoms with E-state index in [9.17, 15) is 4.39 Å². The van der Waals surface area contributed by atoms with E-state index in [4.69, 9.17) is 21.6 Å². The number of aromatic nitrogens is 6. The van der Waals surface area contributed by atoms with E-state index >= 15 is 0 Å². The zero-order chi connectivity index (χ0) is 22.7. The van der Waals surface area contributed by atoms with Crippen molar-refractivity contribution in [3.05, 3.63) is 64.2 Å². The molecule has 1 aromatic carbocycles. The van der Waals surface area contributed by atoms with Crippen LogP contribution in [0.5, 0.6) is 0 Å². The summed E-state index contributed by atoms with van der Waals surface area (Å²) in [7, 11) is 0. The predicted octanol–water partition coefficient (Wildman–Crippen LogP) is 6.08. The largest absolute Gasteiger partial charge is 0.269 e. The Morgan fingerprint density at radius 1 is 0.970 bits per heavy atom. The highest BCUT2D eigenvalue weighted by Gasteiger charge is 2.32. The van der Waals surface area contributed by atoms with Gasteiger partial charge in [0.1, 0.15) is 22.9 Å². The normalized spacial score (nSPS) is 20.6. The smallest absolute Gasteiger partial charge is 0.182 e. The summed E-state index contributed by atoms with van der Waals surface area (Å²) in [5.74, 6) is 0.899. The number of aryl methyl sites for hydroxylation is 2. The Balaban J connectivity index is 1.40. The van der Waals surface area contributed by atoms with Gasteiger partial charge in [0.2, 0.25) is 0 Å². The number of benzene rings is 1. The number of hydrogen-bond acceptors (Lipinski definition) is 5. The summed E-state index contributed by atoms with van der Waals surface area (Å²) in [6.07, 6.45) is 9.66. The van der Waals surface area contributed by atoms with E-state index < -0.39 is 5.82 Å². The summed E-state index contributed by atoms with van der Waals surface area (Å²) < 4.78 is 17.0. The molecule has 2 saturated carbocycles. The second kappa shape index (κ2) is 7.83. The summed E-state index contributed by atoms with van der Waals surface area (Å²) in [6, 6.07) is 5.22. The monoisotopic (exact) mass is 462 g/mol. The Morgan fingerprint density at radius 3 is 2.55 bits per heavy atom. The molecule has 3 aromatic heterocycles. The van der Waals surface area contributed by atoms with Crippen LogP contribution in [-0.2, 0) is 0 Å². The van der Waals surface area contributed by atoms with Gasteiger partial charge in [0.05, 0.1) is 23.6 Å². The molecule has 2 atom stereocenters. The molecular weight excluding hydrogens is 439 g/mol. The molecule has 0 saturated heterocycles. The predicted molar refractivity (Wildman–Crippen MR) is 125 cm³/mol. The Bertz CT molecular complexity index is 1380. The van der Waals surface area contributed by atoms with Crippen LogP contribution in [0.25, 0.3) is 22.4 Å². The molecule has 0 aliphatic heterocycles. The molecular formula is C25H24ClFN6. The van der Waals surface area contributed by atoms with Gasteiger partial charge in [-0.3, -0.25) is 4.68 Å². The summed E-state index contributed by atoms with van der Waals surface area (Å²) in [4.78, 5) is 19.0. The van der Waals surface area contributed by atoms with Crippen molar-refractivity contribution in [3.8, 4) is 11.3 Å². The second-order valence-corrected chi connectivity index (χ2v) is 9.75. The van der Waals surface area contributed by atoms with Gasteiger partial charge in [-0.15, -0.1) is 0 Å². The zero-order valence-corrected chi connectivity index (χ0v) is 19.3. The first-order valence-electron chi connectivity index (χ1n) is 11.5. The van der Waals surface area contributed by atoms with Gasteiger partial charge in [0.25, 0.3) is 0 Å². The van der Waals surface area contributed by atoms with Crippen molar-refractivity contribution in [2.75, 3.05) is 0 Å². The van der Waals surface area contributed by atoms with E-state index in [0.29, 0.717) is 45.2 Å². The van der Waals surface area contributed by atoms with Crippen molar-refractivity contribution in [1.82, 2.24) is 29.7 Å². The zero-order valence-electron chi connectivity index (χ0n) is 18.6. The topological polar surface area (TPSA) is 69.4 Å². The first-order valence-corrected chi connectivity index (χ1v) is 11.9. The number of rotatable bonds is 4. The maximum Gasteiger partial charge on any atom is 0.182 e. The fraction of sp³-hybridized carbons (Fsp3) is 0.400. The van der Waals surface area contributed by atoms with Crippen molar-refractivity contribution in [3.63, 3.8) is 0 Å². The lowest BCUT2D eigenvalue weighted by Crippen LogP contribution is -2.07. The molecule has 0 N–H and O–H groups in total. The molecule has 0 bridgehead atoms. The van der Waals surface area contributed by atoms with Crippen LogP contribution in [-0.4, -0.2) is 29.7 Å². The third kappa shape index (κ3) is 3.78. The van der Waals surface area contributed by atoms with Crippen LogP contribution in [0, 0.1) is 19.7 Å². The van der Waals surface area contributed by atoms with E-state index in [-0.39, 0.29) is 5.92 Å². The summed E-state index contributed by atoms with van der Waals surface area (Å²) in [5.41, 5.74) is 4.76. The Kier molecular flexibility index (Phi) is 4.91. The molecule has 2 aliphatic rings. The Hall–Kier alpha value is -2.93. The van der Waals surface area contributed by atoms with Crippen molar-refractivity contribution in [2.45, 2.75) is 63.8 Å². The first-order chi connectivity index (χ1) is 16.0. The minimum atomic E-state index is -0.426. The molecule has 0 spiro atoms. The molecule has 2 fully saturated rings. The molecule has 6 rings (SSSR count). The van der Waals surface area contributed by atoms with Crippen LogP contribution < -0.4 is 0 Å². The van der Waals surface area contributed by atoms with Gasteiger partial charge in [-0.1, -0.05) is 11.6 Å². The molecule has 0 amide bonds. The molecule has 0 unspecified atom stereocenters. The molecule has 6 nitrogen and oxygen atoms in total. The van der Waals surface area contributed by atoms with Crippen molar-refractivity contribution < 1.29 is 4.39 Å². The van der Waals surface area contributed by atoms with Crippen molar-refractivity contribution >= 4 is 22.8 Å². The highest BCUT2D eigenvalue weighted by molar-refractivity contribution is 6.30. The third-order valence-corrected chi connectivity index (χ3v) is 7.19. The van der Waals surface area contributed by atoms with Gasteiger partial charge in [-0.05, 0) is 75.6 Å². The first kappa shape index (κ1) is 20.7. The summed E-state index contributed by atoms with van der Waals surface area (Å²) in [5, 5.41) is 4.91. The lowest BCUT2D eigenvalue weighted by Gasteiger charge is -2.14. The summed E-state index contributed by atoms with van der Waals surface area (Å²) >= 11 is 6.00. The van der Waals surface area contributed by atoms with Gasteiger partial charge >= 0.3 is 0 Å². The van der Waals surface area contributed by atoms with Gasteiger partial charge in [0.15, 0.2) is 5.65 Å². The molecule has 33 heavy (non-hydrogen) atoms. The fourth-order valence-electron chi connectivity index (χ4n) is 4.80. The number of nitrogens with zero attached hydrogens (tertiary/aromatic N) is 6. The molecule has 0 radical (unpaired) electrons. The lowest BCUT2D eigenvalue weighted by molar-refractivity contribution is 0.628. The number of fused-ring (bicyclic) bond motifs is 1. The van der Waals surface area contributed by atoms with Crippen LogP contribution in [0.3, 0.4) is 0 Å². The highest BCUT2D eigenvalue weighted by Crippen LogP contribution is 2.44. The molecule has 4 aromatic rings. The Morgan fingerprint density at radius 2 is 1.76 bits per heavy atom. The molecule has 8 heteroatoms. The van der Waals surface area contributed by atoms with Crippen LogP contribution in [0.15, 0.2) is 30.6 Å². The Labute approximate surface area is 196 Å². The standard InChI is InChI=1S/C25H24ClFN6/c1-13-14(2)30-25-23(29-13)22(20-8-5-18(26)10-21(20)27)31-24(32-25)16-4-3-15(9-16)17-11-28-33(12-17)19-6-7-19/h5,8,10-12,15-16,19H,3-4,6-7,9H2,1-2H3/t15-,16+/m1/s1. The van der Waals surface area contributed by atoms with Gasteiger partial charge in [-0.2, -0.15) is 5.10 Å². The van der Waals surface area contributed by atoms with E-state index in [0.717, 1.165) is 30.7 Å². The molecule has 2 aliphatic carbocycles. The van der Waals surface area contributed by atoms with E-state index in [1.54, 1.807) is 12.1 Å². The van der Waals surface area contributed by atoms with Crippen molar-refractivity contribution in [1.29, 1.82) is 0 Å². The van der Waals surface area contributed by atoms with Crippen LogP contribution in [0.4, 0.5) is 4.39 Å². The van der Waals surface area contributed by atoms with E-state index in [1.165, 1.54) is 24.5 Å². The second-order valence-electron chi connectivity index (χ2n) is 9.31. The van der Waals surface area contributed by atoms with Gasteiger partial charge < -0.3 is 0 Å². The van der Waals surface area contributed by atoms with Gasteiger partial charge in [0, 0.05) is 22.7 Å². The molecule has 3 heterocycles. The van der Waals surface area contributed by atoms with Crippen molar-refractivity contribution in [2.24, 2.45) is 0 Å².